The average molecular weight is 551 g/mol. The van der Waals surface area contributed by atoms with Crippen molar-refractivity contribution in [2.45, 2.75) is 58.5 Å². The zero-order valence-corrected chi connectivity index (χ0v) is 22.9. The molecule has 2 aliphatic carbocycles. The van der Waals surface area contributed by atoms with E-state index >= 15 is 13.2 Å². The van der Waals surface area contributed by atoms with Crippen molar-refractivity contribution in [3.63, 3.8) is 0 Å². The van der Waals surface area contributed by atoms with Gasteiger partial charge in [-0.15, -0.1) is 0 Å². The SMILES string of the molecule is COc1ccc(F)c(-c2cc(F)c(COc3cccc([C@@H](CC(=O)O)C4CC4)c3F)cc2C2=CCCC2(C)C)c1. The van der Waals surface area contributed by atoms with Crippen molar-refractivity contribution in [2.75, 3.05) is 7.11 Å². The first kappa shape index (κ1) is 27.8. The van der Waals surface area contributed by atoms with Crippen LogP contribution in [0.15, 0.2) is 54.6 Å². The predicted octanol–water partition coefficient (Wildman–Crippen LogP) is 8.53. The Morgan fingerprint density at radius 2 is 1.80 bits per heavy atom. The van der Waals surface area contributed by atoms with Gasteiger partial charge in [0, 0.05) is 17.0 Å². The minimum atomic E-state index is -0.978. The van der Waals surface area contributed by atoms with Crippen molar-refractivity contribution in [1.29, 1.82) is 0 Å². The topological polar surface area (TPSA) is 55.8 Å². The summed E-state index contributed by atoms with van der Waals surface area (Å²) in [5, 5.41) is 9.34. The second kappa shape index (κ2) is 11.0. The smallest absolute Gasteiger partial charge is 0.303 e. The van der Waals surface area contributed by atoms with Gasteiger partial charge in [-0.3, -0.25) is 4.79 Å². The van der Waals surface area contributed by atoms with E-state index < -0.39 is 29.3 Å². The Balaban J connectivity index is 1.51. The van der Waals surface area contributed by atoms with Crippen LogP contribution in [-0.2, 0) is 11.4 Å². The number of carboxylic acids is 1. The molecule has 0 spiro atoms. The van der Waals surface area contributed by atoms with Gasteiger partial charge >= 0.3 is 5.97 Å². The maximum absolute atomic E-state index is 15.6. The second-order valence-electron chi connectivity index (χ2n) is 11.4. The highest BCUT2D eigenvalue weighted by molar-refractivity contribution is 5.85. The number of carboxylic acid groups (broad SMARTS) is 1. The van der Waals surface area contributed by atoms with Crippen LogP contribution in [0.3, 0.4) is 0 Å². The van der Waals surface area contributed by atoms with Crippen LogP contribution in [0.4, 0.5) is 13.2 Å². The zero-order chi connectivity index (χ0) is 28.6. The third-order valence-electron chi connectivity index (χ3n) is 8.15. The molecule has 40 heavy (non-hydrogen) atoms. The van der Waals surface area contributed by atoms with E-state index in [0.29, 0.717) is 22.4 Å². The molecule has 0 bridgehead atoms. The monoisotopic (exact) mass is 550 g/mol. The van der Waals surface area contributed by atoms with Crippen LogP contribution in [0, 0.1) is 28.8 Å². The quantitative estimate of drug-likeness (QED) is 0.275. The Labute approximate surface area is 232 Å². The maximum Gasteiger partial charge on any atom is 0.303 e. The van der Waals surface area contributed by atoms with Gasteiger partial charge in [0.15, 0.2) is 11.6 Å². The van der Waals surface area contributed by atoms with Gasteiger partial charge in [0.05, 0.1) is 13.5 Å². The van der Waals surface area contributed by atoms with Crippen LogP contribution in [0.2, 0.25) is 0 Å². The van der Waals surface area contributed by atoms with Gasteiger partial charge in [-0.25, -0.2) is 13.2 Å². The number of allylic oxidation sites excluding steroid dienone is 2. The number of benzene rings is 3. The number of aliphatic carboxylic acids is 1. The molecule has 1 fully saturated rings. The molecule has 3 aromatic carbocycles. The lowest BCUT2D eigenvalue weighted by atomic mass is 9.79. The lowest BCUT2D eigenvalue weighted by molar-refractivity contribution is -0.137. The lowest BCUT2D eigenvalue weighted by Crippen LogP contribution is -2.12. The van der Waals surface area contributed by atoms with E-state index in [1.807, 2.05) is 0 Å². The van der Waals surface area contributed by atoms with E-state index in [1.165, 1.54) is 31.4 Å². The molecule has 4 nitrogen and oxygen atoms in total. The van der Waals surface area contributed by atoms with Crippen molar-refractivity contribution in [3.05, 3.63) is 88.7 Å². The Hall–Kier alpha value is -3.74. The van der Waals surface area contributed by atoms with Crippen molar-refractivity contribution in [2.24, 2.45) is 11.3 Å². The lowest BCUT2D eigenvalue weighted by Gasteiger charge is -2.26. The highest BCUT2D eigenvalue weighted by atomic mass is 19.1. The summed E-state index contributed by atoms with van der Waals surface area (Å²) < 4.78 is 57.2. The fraction of sp³-hybridized carbons (Fsp3) is 0.364. The molecule has 210 valence electrons. The third kappa shape index (κ3) is 5.60. The molecule has 7 heteroatoms. The van der Waals surface area contributed by atoms with Crippen LogP contribution in [0.25, 0.3) is 16.7 Å². The summed E-state index contributed by atoms with van der Waals surface area (Å²) >= 11 is 0. The molecule has 5 rings (SSSR count). The average Bonchev–Trinajstić information content (AvgIpc) is 3.70. The van der Waals surface area contributed by atoms with Gasteiger partial charge in [-0.1, -0.05) is 32.1 Å². The number of halogens is 3. The minimum Gasteiger partial charge on any atom is -0.497 e. The van der Waals surface area contributed by atoms with Gasteiger partial charge in [0.1, 0.15) is 24.0 Å². The number of ether oxygens (including phenoxy) is 2. The largest absolute Gasteiger partial charge is 0.497 e. The standard InChI is InChI=1S/C33H33F3O4/c1-33(2)13-5-7-27(33)25-14-20(29(35)16-24(25)26-15-21(39-3)11-12-28(26)34)18-40-30-8-4-6-22(32(30)36)23(17-31(37)38)19-9-10-19/h4,6-8,11-12,14-16,19,23H,5,9-10,13,17-18H2,1-3H3,(H,37,38)/t23-/m0/s1. The highest BCUT2D eigenvalue weighted by Crippen LogP contribution is 2.48. The van der Waals surface area contributed by atoms with Crippen LogP contribution in [0.5, 0.6) is 11.5 Å². The van der Waals surface area contributed by atoms with Gasteiger partial charge < -0.3 is 14.6 Å². The summed E-state index contributed by atoms with van der Waals surface area (Å²) in [6.07, 6.45) is 5.43. The molecule has 0 radical (unpaired) electrons. The molecular formula is C33H33F3O4. The zero-order valence-electron chi connectivity index (χ0n) is 22.9. The Morgan fingerprint density at radius 3 is 2.45 bits per heavy atom. The van der Waals surface area contributed by atoms with Gasteiger partial charge in [-0.2, -0.15) is 0 Å². The molecule has 0 saturated heterocycles. The molecule has 2 aliphatic rings. The Morgan fingerprint density at radius 1 is 1.02 bits per heavy atom. The van der Waals surface area contributed by atoms with Gasteiger partial charge in [0.25, 0.3) is 0 Å². The molecule has 0 unspecified atom stereocenters. The van der Waals surface area contributed by atoms with E-state index in [9.17, 15) is 9.90 Å². The molecule has 0 heterocycles. The summed E-state index contributed by atoms with van der Waals surface area (Å²) in [7, 11) is 1.49. The molecule has 1 atom stereocenters. The van der Waals surface area contributed by atoms with Gasteiger partial charge in [-0.05, 0) is 95.7 Å². The van der Waals surface area contributed by atoms with Crippen LogP contribution < -0.4 is 9.47 Å². The van der Waals surface area contributed by atoms with Crippen LogP contribution in [-0.4, -0.2) is 18.2 Å². The fourth-order valence-corrected chi connectivity index (χ4v) is 5.77. The van der Waals surface area contributed by atoms with Crippen molar-refractivity contribution in [3.8, 4) is 22.6 Å². The summed E-state index contributed by atoms with van der Waals surface area (Å²) in [6.45, 7) is 3.96. The maximum atomic E-state index is 15.6. The summed E-state index contributed by atoms with van der Waals surface area (Å²) in [6, 6.07) is 12.0. The fourth-order valence-electron chi connectivity index (χ4n) is 5.77. The molecule has 1 N–H and O–H groups in total. The molecule has 0 aliphatic heterocycles. The van der Waals surface area contributed by atoms with E-state index in [-0.39, 0.29) is 41.2 Å². The first-order valence-electron chi connectivity index (χ1n) is 13.6. The second-order valence-corrected chi connectivity index (χ2v) is 11.4. The molecule has 3 aromatic rings. The van der Waals surface area contributed by atoms with Crippen LogP contribution >= 0.6 is 0 Å². The third-order valence-corrected chi connectivity index (χ3v) is 8.15. The van der Waals surface area contributed by atoms with E-state index in [4.69, 9.17) is 9.47 Å². The van der Waals surface area contributed by atoms with E-state index in [2.05, 4.69) is 19.9 Å². The molecule has 1 saturated carbocycles. The Bertz CT molecular complexity index is 1470. The predicted molar refractivity (Wildman–Crippen MR) is 148 cm³/mol. The van der Waals surface area contributed by atoms with Gasteiger partial charge in [0.2, 0.25) is 0 Å². The molecular weight excluding hydrogens is 517 g/mol. The number of hydrogen-bond donors (Lipinski definition) is 1. The van der Waals surface area contributed by atoms with E-state index in [0.717, 1.165) is 31.3 Å². The van der Waals surface area contributed by atoms with Crippen molar-refractivity contribution < 1.29 is 32.5 Å². The number of carbonyl (C=O) groups is 1. The summed E-state index contributed by atoms with van der Waals surface area (Å²) in [5.41, 5.74) is 2.63. The number of methoxy groups -OCH3 is 1. The van der Waals surface area contributed by atoms with E-state index in [1.54, 1.807) is 24.3 Å². The highest BCUT2D eigenvalue weighted by Gasteiger charge is 2.36. The Kier molecular flexibility index (Phi) is 7.67. The first-order valence-corrected chi connectivity index (χ1v) is 13.6. The summed E-state index contributed by atoms with van der Waals surface area (Å²) in [5.74, 6) is -2.59. The van der Waals surface area contributed by atoms with Crippen LogP contribution in [0.1, 0.15) is 68.6 Å². The number of rotatable bonds is 10. The van der Waals surface area contributed by atoms with Crippen molar-refractivity contribution in [1.82, 2.24) is 0 Å². The van der Waals surface area contributed by atoms with Crippen molar-refractivity contribution >= 4 is 11.5 Å². The number of hydrogen-bond acceptors (Lipinski definition) is 3. The first-order chi connectivity index (χ1) is 19.1. The minimum absolute atomic E-state index is 0.0576. The molecule has 0 amide bonds. The normalized spacial score (nSPS) is 16.9. The molecule has 0 aromatic heterocycles. The summed E-state index contributed by atoms with van der Waals surface area (Å²) in [4.78, 5) is 11.4.